The Kier molecular flexibility index (Phi) is 3.49. The lowest BCUT2D eigenvalue weighted by atomic mass is 10.1. The molecule has 2 aromatic rings. The highest BCUT2D eigenvalue weighted by atomic mass is 32.2. The minimum absolute atomic E-state index is 0.0604. The van der Waals surface area contributed by atoms with Crippen LogP contribution in [-0.2, 0) is 0 Å². The third-order valence-electron chi connectivity index (χ3n) is 3.98. The predicted octanol–water partition coefficient (Wildman–Crippen LogP) is 3.76. The second-order valence-corrected chi connectivity index (χ2v) is 6.76. The van der Waals surface area contributed by atoms with Crippen LogP contribution in [0.5, 0.6) is 0 Å². The molecule has 5 nitrogen and oxygen atoms in total. The number of thioether (sulfide) groups is 1. The summed E-state index contributed by atoms with van der Waals surface area (Å²) in [6.45, 7) is 2.75. The Labute approximate surface area is 127 Å². The van der Waals surface area contributed by atoms with Crippen molar-refractivity contribution in [2.24, 2.45) is 0 Å². The molecule has 0 aliphatic heterocycles. The Bertz CT molecular complexity index is 713. The minimum Gasteiger partial charge on any atom is -0.383 e. The van der Waals surface area contributed by atoms with Gasteiger partial charge in [0.05, 0.1) is 4.92 Å². The molecular weight excluding hydrogens is 286 g/mol. The summed E-state index contributed by atoms with van der Waals surface area (Å²) < 4.78 is 0.338. The molecule has 1 fully saturated rings. The first-order valence-electron chi connectivity index (χ1n) is 6.88. The van der Waals surface area contributed by atoms with E-state index >= 15 is 0 Å². The van der Waals surface area contributed by atoms with Crippen LogP contribution in [0.15, 0.2) is 24.3 Å². The van der Waals surface area contributed by atoms with Gasteiger partial charge >= 0.3 is 0 Å². The van der Waals surface area contributed by atoms with Crippen LogP contribution in [0.25, 0.3) is 10.9 Å². The maximum atomic E-state index is 11.2. The molecule has 1 heterocycles. The van der Waals surface area contributed by atoms with Gasteiger partial charge in [0, 0.05) is 34.1 Å². The first-order valence-corrected chi connectivity index (χ1v) is 8.11. The van der Waals surface area contributed by atoms with Crippen LogP contribution < -0.4 is 5.32 Å². The Hall–Kier alpha value is -1.82. The number of anilines is 1. The van der Waals surface area contributed by atoms with Crippen LogP contribution in [0.4, 0.5) is 11.4 Å². The van der Waals surface area contributed by atoms with Gasteiger partial charge in [0.2, 0.25) is 0 Å². The summed E-state index contributed by atoms with van der Waals surface area (Å²) in [5.41, 5.74) is 2.24. The quantitative estimate of drug-likeness (QED) is 0.673. The summed E-state index contributed by atoms with van der Waals surface area (Å²) in [6.07, 6.45) is 4.59. The largest absolute Gasteiger partial charge is 0.383 e. The van der Waals surface area contributed by atoms with Gasteiger partial charge in [-0.15, -0.1) is 0 Å². The predicted molar refractivity (Wildman–Crippen MR) is 87.1 cm³/mol. The highest BCUT2D eigenvalue weighted by Crippen LogP contribution is 2.47. The molecule has 6 heteroatoms. The van der Waals surface area contributed by atoms with Crippen molar-refractivity contribution < 1.29 is 4.92 Å². The van der Waals surface area contributed by atoms with Crippen LogP contribution in [0.3, 0.4) is 0 Å². The number of benzene rings is 1. The number of hydrogen-bond donors (Lipinski definition) is 1. The van der Waals surface area contributed by atoms with Gasteiger partial charge in [0.1, 0.15) is 0 Å². The van der Waals surface area contributed by atoms with E-state index in [-0.39, 0.29) is 10.6 Å². The van der Waals surface area contributed by atoms with Gasteiger partial charge in [-0.1, -0.05) is 12.1 Å². The van der Waals surface area contributed by atoms with Crippen LogP contribution in [0.1, 0.15) is 18.5 Å². The van der Waals surface area contributed by atoms with Gasteiger partial charge in [-0.2, -0.15) is 11.8 Å². The van der Waals surface area contributed by atoms with Crippen molar-refractivity contribution in [1.29, 1.82) is 0 Å². The van der Waals surface area contributed by atoms with E-state index in [0.29, 0.717) is 10.3 Å². The van der Waals surface area contributed by atoms with E-state index in [2.05, 4.69) is 16.6 Å². The molecule has 0 radical (unpaired) electrons. The third kappa shape index (κ3) is 2.68. The molecule has 21 heavy (non-hydrogen) atoms. The summed E-state index contributed by atoms with van der Waals surface area (Å²) in [6, 6.07) is 7.06. The molecule has 3 rings (SSSR count). The monoisotopic (exact) mass is 303 g/mol. The van der Waals surface area contributed by atoms with Gasteiger partial charge in [-0.25, -0.2) is 4.98 Å². The van der Waals surface area contributed by atoms with E-state index in [9.17, 15) is 10.1 Å². The number of aryl methyl sites for hydroxylation is 1. The van der Waals surface area contributed by atoms with Crippen molar-refractivity contribution in [2.45, 2.75) is 24.5 Å². The molecule has 1 aromatic heterocycles. The zero-order valence-corrected chi connectivity index (χ0v) is 12.9. The van der Waals surface area contributed by atoms with E-state index in [1.165, 1.54) is 18.9 Å². The fraction of sp³-hybridized carbons (Fsp3) is 0.400. The minimum atomic E-state index is -0.372. The van der Waals surface area contributed by atoms with E-state index in [0.717, 1.165) is 23.3 Å². The summed E-state index contributed by atoms with van der Waals surface area (Å²) in [5, 5.41) is 15.4. The molecule has 110 valence electrons. The van der Waals surface area contributed by atoms with Crippen LogP contribution in [-0.4, -0.2) is 27.5 Å². The highest BCUT2D eigenvalue weighted by molar-refractivity contribution is 8.00. The summed E-state index contributed by atoms with van der Waals surface area (Å²) in [7, 11) is 0. The molecule has 1 saturated carbocycles. The van der Waals surface area contributed by atoms with E-state index in [1.54, 1.807) is 6.07 Å². The first-order chi connectivity index (χ1) is 10.0. The van der Waals surface area contributed by atoms with Crippen molar-refractivity contribution in [2.75, 3.05) is 18.1 Å². The number of rotatable bonds is 5. The number of nitro benzene ring substituents is 1. The molecule has 1 aromatic carbocycles. The van der Waals surface area contributed by atoms with E-state index < -0.39 is 0 Å². The first kappa shape index (κ1) is 14.1. The number of hydrogen-bond acceptors (Lipinski definition) is 5. The zero-order valence-electron chi connectivity index (χ0n) is 12.0. The third-order valence-corrected chi connectivity index (χ3v) is 5.40. The molecule has 0 atom stereocenters. The fourth-order valence-electron chi connectivity index (χ4n) is 2.50. The van der Waals surface area contributed by atoms with Crippen molar-refractivity contribution in [3.05, 3.63) is 40.1 Å². The molecule has 0 spiro atoms. The Morgan fingerprint density at radius 2 is 2.24 bits per heavy atom. The Morgan fingerprint density at radius 3 is 2.86 bits per heavy atom. The SMILES string of the molecule is CSC1(CNc2cc(C)nc3c([N+](=O)[O-])cccc23)CC1. The maximum absolute atomic E-state index is 11.2. The van der Waals surface area contributed by atoms with E-state index in [4.69, 9.17) is 0 Å². The number of fused-ring (bicyclic) bond motifs is 1. The van der Waals surface area contributed by atoms with Crippen molar-refractivity contribution >= 4 is 34.0 Å². The Balaban J connectivity index is 2.02. The molecule has 0 bridgehead atoms. The summed E-state index contributed by atoms with van der Waals surface area (Å²) >= 11 is 1.89. The number of nitro groups is 1. The maximum Gasteiger partial charge on any atom is 0.295 e. The number of aromatic nitrogens is 1. The molecule has 1 N–H and O–H groups in total. The second-order valence-electron chi connectivity index (χ2n) is 5.48. The van der Waals surface area contributed by atoms with Gasteiger partial charge in [0.25, 0.3) is 5.69 Å². The second kappa shape index (κ2) is 5.18. The Morgan fingerprint density at radius 1 is 1.48 bits per heavy atom. The topological polar surface area (TPSA) is 68.1 Å². The molecule has 0 saturated heterocycles. The average Bonchev–Trinajstić information content (AvgIpc) is 3.24. The molecule has 0 unspecified atom stereocenters. The van der Waals surface area contributed by atoms with E-state index in [1.807, 2.05) is 30.8 Å². The van der Waals surface area contributed by atoms with Crippen LogP contribution in [0, 0.1) is 17.0 Å². The molecule has 1 aliphatic rings. The number of nitrogens with one attached hydrogen (secondary N) is 1. The van der Waals surface area contributed by atoms with Crippen LogP contribution >= 0.6 is 11.8 Å². The average molecular weight is 303 g/mol. The number of non-ortho nitro benzene ring substituents is 1. The standard InChI is InChI=1S/C15H17N3O2S/c1-10-8-12(16-9-15(21-2)6-7-15)11-4-3-5-13(18(19)20)14(11)17-10/h3-5,8H,6-7,9H2,1-2H3,(H,16,17). The molecule has 1 aliphatic carbocycles. The lowest BCUT2D eigenvalue weighted by Gasteiger charge is -2.16. The van der Waals surface area contributed by atoms with Crippen molar-refractivity contribution in [3.63, 3.8) is 0 Å². The molecular formula is C15H17N3O2S. The number of pyridine rings is 1. The van der Waals surface area contributed by atoms with Gasteiger partial charge in [0.15, 0.2) is 5.52 Å². The summed E-state index contributed by atoms with van der Waals surface area (Å²) in [4.78, 5) is 15.1. The molecule has 0 amide bonds. The van der Waals surface area contributed by atoms with Gasteiger partial charge in [-0.3, -0.25) is 10.1 Å². The van der Waals surface area contributed by atoms with Crippen molar-refractivity contribution in [3.8, 4) is 0 Å². The fourth-order valence-corrected chi connectivity index (χ4v) is 3.23. The summed E-state index contributed by atoms with van der Waals surface area (Å²) in [5.74, 6) is 0. The van der Waals surface area contributed by atoms with Crippen molar-refractivity contribution in [1.82, 2.24) is 4.98 Å². The van der Waals surface area contributed by atoms with Gasteiger partial charge in [-0.05, 0) is 32.1 Å². The zero-order chi connectivity index (χ0) is 15.0. The normalized spacial score (nSPS) is 15.9. The lowest BCUT2D eigenvalue weighted by Crippen LogP contribution is -2.17. The number of para-hydroxylation sites is 1. The highest BCUT2D eigenvalue weighted by Gasteiger charge is 2.41. The van der Waals surface area contributed by atoms with Gasteiger partial charge < -0.3 is 5.32 Å². The van der Waals surface area contributed by atoms with Crippen LogP contribution in [0.2, 0.25) is 0 Å². The lowest BCUT2D eigenvalue weighted by molar-refractivity contribution is -0.383. The number of nitrogens with zero attached hydrogens (tertiary/aromatic N) is 2. The smallest absolute Gasteiger partial charge is 0.295 e.